The van der Waals surface area contributed by atoms with Crippen molar-refractivity contribution in [2.45, 2.75) is 46.1 Å². The molecule has 2 heterocycles. The van der Waals surface area contributed by atoms with E-state index in [1.165, 1.54) is 11.3 Å². The number of amides is 2. The minimum absolute atomic E-state index is 0.0173. The summed E-state index contributed by atoms with van der Waals surface area (Å²) in [6.07, 6.45) is 1.16. The number of likely N-dealkylation sites (tertiary alicyclic amines) is 1. The molecule has 1 aromatic carbocycles. The van der Waals surface area contributed by atoms with Crippen molar-refractivity contribution in [2.24, 2.45) is 5.92 Å². The first-order chi connectivity index (χ1) is 13.2. The third-order valence-electron chi connectivity index (χ3n) is 5.54. The van der Waals surface area contributed by atoms with E-state index in [2.05, 4.69) is 36.1 Å². The predicted octanol–water partition coefficient (Wildman–Crippen LogP) is 3.29. The number of carbonyl (C=O) groups is 2. The average Bonchev–Trinajstić information content (AvgIpc) is 2.67. The third kappa shape index (κ3) is 4.97. The van der Waals surface area contributed by atoms with Gasteiger partial charge in [0, 0.05) is 50.9 Å². The molecule has 3 rings (SSSR count). The number of piperazine rings is 1. The summed E-state index contributed by atoms with van der Waals surface area (Å²) < 4.78 is 5.44. The van der Waals surface area contributed by atoms with Gasteiger partial charge < -0.3 is 19.4 Å². The van der Waals surface area contributed by atoms with Crippen LogP contribution in [0.4, 0.5) is 10.5 Å². The molecule has 2 fully saturated rings. The lowest BCUT2D eigenvalue weighted by Gasteiger charge is -2.39. The standard InChI is InChI=1S/C22H33N3O3/c1-17-7-5-6-8-19(17)23-13-15-24(16-14-23)20(26)18-9-11-25(12-10-18)21(27)28-22(2,3)4/h5-8,18H,9-16H2,1-4H3. The van der Waals surface area contributed by atoms with E-state index in [0.29, 0.717) is 13.1 Å². The van der Waals surface area contributed by atoms with Crippen molar-refractivity contribution in [3.05, 3.63) is 29.8 Å². The van der Waals surface area contributed by atoms with Gasteiger partial charge in [-0.05, 0) is 52.2 Å². The minimum Gasteiger partial charge on any atom is -0.444 e. The molecule has 0 aliphatic carbocycles. The number of benzene rings is 1. The Hall–Kier alpha value is -2.24. The number of carbonyl (C=O) groups excluding carboxylic acids is 2. The van der Waals surface area contributed by atoms with Crippen molar-refractivity contribution in [2.75, 3.05) is 44.2 Å². The van der Waals surface area contributed by atoms with Gasteiger partial charge in [0.15, 0.2) is 0 Å². The van der Waals surface area contributed by atoms with E-state index in [1.54, 1.807) is 4.90 Å². The lowest BCUT2D eigenvalue weighted by atomic mass is 9.95. The van der Waals surface area contributed by atoms with Gasteiger partial charge >= 0.3 is 6.09 Å². The molecule has 6 nitrogen and oxygen atoms in total. The Kier molecular flexibility index (Phi) is 6.16. The maximum absolute atomic E-state index is 12.9. The van der Waals surface area contributed by atoms with Crippen molar-refractivity contribution >= 4 is 17.7 Å². The number of aryl methyl sites for hydroxylation is 1. The smallest absolute Gasteiger partial charge is 0.410 e. The second-order valence-corrected chi connectivity index (χ2v) is 8.84. The highest BCUT2D eigenvalue weighted by Crippen LogP contribution is 2.24. The van der Waals surface area contributed by atoms with Gasteiger partial charge in [-0.3, -0.25) is 4.79 Å². The first-order valence-electron chi connectivity index (χ1n) is 10.3. The van der Waals surface area contributed by atoms with Gasteiger partial charge in [0.1, 0.15) is 5.60 Å². The Morgan fingerprint density at radius 1 is 0.929 bits per heavy atom. The molecule has 0 unspecified atom stereocenters. The number of piperidine rings is 1. The zero-order valence-corrected chi connectivity index (χ0v) is 17.6. The summed E-state index contributed by atoms with van der Waals surface area (Å²) >= 11 is 0. The lowest BCUT2D eigenvalue weighted by molar-refractivity contribution is -0.137. The monoisotopic (exact) mass is 387 g/mol. The van der Waals surface area contributed by atoms with Gasteiger partial charge in [-0.25, -0.2) is 4.79 Å². The Balaban J connectivity index is 1.47. The van der Waals surface area contributed by atoms with E-state index in [0.717, 1.165) is 39.0 Å². The Bertz CT molecular complexity index is 697. The van der Waals surface area contributed by atoms with Crippen LogP contribution in [0, 0.1) is 12.8 Å². The quantitative estimate of drug-likeness (QED) is 0.781. The number of para-hydroxylation sites is 1. The molecule has 0 atom stereocenters. The summed E-state index contributed by atoms with van der Waals surface area (Å²) in [5.74, 6) is 0.261. The fourth-order valence-electron chi connectivity index (χ4n) is 3.98. The molecule has 0 spiro atoms. The third-order valence-corrected chi connectivity index (χ3v) is 5.54. The summed E-state index contributed by atoms with van der Waals surface area (Å²) in [4.78, 5) is 31.2. The lowest BCUT2D eigenvalue weighted by Crippen LogP contribution is -2.52. The van der Waals surface area contributed by atoms with E-state index >= 15 is 0 Å². The number of nitrogens with zero attached hydrogens (tertiary/aromatic N) is 3. The van der Waals surface area contributed by atoms with Crippen LogP contribution in [0.3, 0.4) is 0 Å². The molecular formula is C22H33N3O3. The highest BCUT2D eigenvalue weighted by atomic mass is 16.6. The summed E-state index contributed by atoms with van der Waals surface area (Å²) in [6.45, 7) is 12.2. The van der Waals surface area contributed by atoms with Crippen LogP contribution in [0.5, 0.6) is 0 Å². The molecule has 6 heteroatoms. The molecule has 154 valence electrons. The Morgan fingerprint density at radius 3 is 2.11 bits per heavy atom. The number of anilines is 1. The molecule has 0 bridgehead atoms. The van der Waals surface area contributed by atoms with Gasteiger partial charge in [0.2, 0.25) is 5.91 Å². The van der Waals surface area contributed by atoms with Crippen LogP contribution in [-0.2, 0) is 9.53 Å². The largest absolute Gasteiger partial charge is 0.444 e. The van der Waals surface area contributed by atoms with Gasteiger partial charge in [-0.15, -0.1) is 0 Å². The molecule has 0 saturated carbocycles. The summed E-state index contributed by atoms with van der Waals surface area (Å²) in [7, 11) is 0. The van der Waals surface area contributed by atoms with Crippen LogP contribution >= 0.6 is 0 Å². The van der Waals surface area contributed by atoms with Crippen molar-refractivity contribution in [3.63, 3.8) is 0 Å². The summed E-state index contributed by atoms with van der Waals surface area (Å²) in [5, 5.41) is 0. The fourth-order valence-corrected chi connectivity index (χ4v) is 3.98. The zero-order chi connectivity index (χ0) is 20.3. The normalized spacial score (nSPS) is 18.9. The second kappa shape index (κ2) is 8.41. The van der Waals surface area contributed by atoms with Crippen LogP contribution in [0.15, 0.2) is 24.3 Å². The maximum atomic E-state index is 12.9. The van der Waals surface area contributed by atoms with Crippen molar-refractivity contribution in [1.29, 1.82) is 0 Å². The highest BCUT2D eigenvalue weighted by Gasteiger charge is 2.33. The molecule has 0 radical (unpaired) electrons. The van der Waals surface area contributed by atoms with Crippen molar-refractivity contribution in [1.82, 2.24) is 9.80 Å². The molecule has 2 aliphatic rings. The molecule has 0 aromatic heterocycles. The summed E-state index contributed by atoms with van der Waals surface area (Å²) in [5.41, 5.74) is 2.05. The van der Waals surface area contributed by atoms with Gasteiger partial charge in [-0.2, -0.15) is 0 Å². The number of ether oxygens (including phenoxy) is 1. The van der Waals surface area contributed by atoms with E-state index in [-0.39, 0.29) is 17.9 Å². The van der Waals surface area contributed by atoms with Gasteiger partial charge in [0.05, 0.1) is 0 Å². The molecule has 2 amide bonds. The average molecular weight is 388 g/mol. The minimum atomic E-state index is -0.486. The first-order valence-corrected chi connectivity index (χ1v) is 10.3. The summed E-state index contributed by atoms with van der Waals surface area (Å²) in [6, 6.07) is 8.41. The van der Waals surface area contributed by atoms with Crippen LogP contribution in [0.2, 0.25) is 0 Å². The molecule has 28 heavy (non-hydrogen) atoms. The van der Waals surface area contributed by atoms with E-state index in [1.807, 2.05) is 25.7 Å². The van der Waals surface area contributed by atoms with Gasteiger partial charge in [0.25, 0.3) is 0 Å². The molecule has 0 N–H and O–H groups in total. The predicted molar refractivity (Wildman–Crippen MR) is 111 cm³/mol. The Labute approximate surface area is 168 Å². The Morgan fingerprint density at radius 2 is 1.54 bits per heavy atom. The van der Waals surface area contributed by atoms with E-state index in [4.69, 9.17) is 4.74 Å². The van der Waals surface area contributed by atoms with Crippen LogP contribution in [0.1, 0.15) is 39.2 Å². The van der Waals surface area contributed by atoms with Crippen LogP contribution in [0.25, 0.3) is 0 Å². The SMILES string of the molecule is Cc1ccccc1N1CCN(C(=O)C2CCN(C(=O)OC(C)(C)C)CC2)CC1. The fraction of sp³-hybridized carbons (Fsp3) is 0.636. The molecule has 1 aromatic rings. The van der Waals surface area contributed by atoms with Crippen LogP contribution < -0.4 is 4.90 Å². The maximum Gasteiger partial charge on any atom is 0.410 e. The number of hydrogen-bond donors (Lipinski definition) is 0. The zero-order valence-electron chi connectivity index (χ0n) is 17.6. The van der Waals surface area contributed by atoms with Crippen LogP contribution in [-0.4, -0.2) is 66.7 Å². The van der Waals surface area contributed by atoms with E-state index in [9.17, 15) is 9.59 Å². The van der Waals surface area contributed by atoms with E-state index < -0.39 is 5.60 Å². The molecule has 2 saturated heterocycles. The molecular weight excluding hydrogens is 354 g/mol. The second-order valence-electron chi connectivity index (χ2n) is 8.84. The van der Waals surface area contributed by atoms with Crippen molar-refractivity contribution < 1.29 is 14.3 Å². The highest BCUT2D eigenvalue weighted by molar-refractivity contribution is 5.79. The topological polar surface area (TPSA) is 53.1 Å². The number of hydrogen-bond acceptors (Lipinski definition) is 4. The number of rotatable bonds is 2. The molecule has 2 aliphatic heterocycles. The van der Waals surface area contributed by atoms with Gasteiger partial charge in [-0.1, -0.05) is 18.2 Å². The van der Waals surface area contributed by atoms with Crippen molar-refractivity contribution in [3.8, 4) is 0 Å². The first kappa shape index (κ1) is 20.5.